The van der Waals surface area contributed by atoms with Crippen molar-refractivity contribution in [3.8, 4) is 17.5 Å². The minimum Gasteiger partial charge on any atom is -0.481 e. The Hall–Kier alpha value is -2.61. The average molecular weight is 556 g/mol. The number of fused-ring (bicyclic) bond motifs is 3. The van der Waals surface area contributed by atoms with E-state index in [0.717, 1.165) is 35.1 Å². The van der Waals surface area contributed by atoms with Gasteiger partial charge in [-0.25, -0.2) is 0 Å². The van der Waals surface area contributed by atoms with Gasteiger partial charge in [-0.05, 0) is 56.2 Å². The number of halogens is 1. The van der Waals surface area contributed by atoms with Gasteiger partial charge < -0.3 is 24.2 Å². The van der Waals surface area contributed by atoms with Crippen LogP contribution in [-0.2, 0) is 11.2 Å². The fourth-order valence-corrected chi connectivity index (χ4v) is 5.63. The van der Waals surface area contributed by atoms with Gasteiger partial charge in [-0.15, -0.1) is 0 Å². The number of aromatic nitrogens is 1. The summed E-state index contributed by atoms with van der Waals surface area (Å²) in [6, 6.07) is 20.0. The van der Waals surface area contributed by atoms with Crippen LogP contribution < -0.4 is 14.2 Å². The lowest BCUT2D eigenvalue weighted by molar-refractivity contribution is -0.106. The van der Waals surface area contributed by atoms with Gasteiger partial charge in [0.15, 0.2) is 5.60 Å². The quantitative estimate of drug-likeness (QED) is 0.411. The number of benzene rings is 2. The van der Waals surface area contributed by atoms with Gasteiger partial charge in [0.2, 0.25) is 11.8 Å². The van der Waals surface area contributed by atoms with Crippen molar-refractivity contribution in [1.82, 2.24) is 9.88 Å². The van der Waals surface area contributed by atoms with Crippen molar-refractivity contribution >= 4 is 15.9 Å². The van der Waals surface area contributed by atoms with Crippen LogP contribution in [0, 0.1) is 0 Å². The van der Waals surface area contributed by atoms with Crippen molar-refractivity contribution in [1.29, 1.82) is 0 Å². The molecule has 3 unspecified atom stereocenters. The third-order valence-electron chi connectivity index (χ3n) is 7.47. The predicted octanol–water partition coefficient (Wildman–Crippen LogP) is 5.87. The summed E-state index contributed by atoms with van der Waals surface area (Å²) in [4.78, 5) is 6.68. The molecule has 0 radical (unpaired) electrons. The summed E-state index contributed by atoms with van der Waals surface area (Å²) in [5.74, 6) is 1.22. The van der Waals surface area contributed by atoms with Crippen molar-refractivity contribution in [3.05, 3.63) is 81.8 Å². The third-order valence-corrected chi connectivity index (χ3v) is 8.00. The van der Waals surface area contributed by atoms with Crippen LogP contribution in [0.4, 0.5) is 0 Å². The van der Waals surface area contributed by atoms with Gasteiger partial charge in [-0.3, -0.25) is 0 Å². The van der Waals surface area contributed by atoms with Gasteiger partial charge in [-0.1, -0.05) is 72.2 Å². The molecule has 1 fully saturated rings. The summed E-state index contributed by atoms with van der Waals surface area (Å²) in [5, 5.41) is 12.3. The second-order valence-corrected chi connectivity index (χ2v) is 10.2. The molecule has 5 rings (SSSR count). The molecular weight excluding hydrogens is 520 g/mol. The van der Waals surface area contributed by atoms with Gasteiger partial charge in [0.05, 0.1) is 19.8 Å². The van der Waals surface area contributed by atoms with Gasteiger partial charge in [0, 0.05) is 16.5 Å². The van der Waals surface area contributed by atoms with E-state index in [2.05, 4.69) is 58.8 Å². The lowest BCUT2D eigenvalue weighted by atomic mass is 9.72. The van der Waals surface area contributed by atoms with E-state index >= 15 is 0 Å². The normalized spacial score (nSPS) is 23.8. The van der Waals surface area contributed by atoms with Crippen molar-refractivity contribution in [2.75, 3.05) is 34.4 Å². The molecular formula is C29H35BrN2O4. The number of pyridine rings is 1. The number of methoxy groups -OCH3 is 2. The summed E-state index contributed by atoms with van der Waals surface area (Å²) < 4.78 is 18.6. The first-order valence-corrected chi connectivity index (χ1v) is 13.2. The number of aliphatic hydroxyl groups is 1. The van der Waals surface area contributed by atoms with E-state index in [4.69, 9.17) is 14.2 Å². The molecule has 2 heterocycles. The second kappa shape index (κ2) is 10.8. The van der Waals surface area contributed by atoms with E-state index in [0.29, 0.717) is 29.5 Å². The van der Waals surface area contributed by atoms with Gasteiger partial charge in [0.1, 0.15) is 11.4 Å². The molecule has 2 aromatic carbocycles. The maximum atomic E-state index is 12.3. The first kappa shape index (κ1) is 26.5. The molecule has 0 amide bonds. The molecule has 3 atom stereocenters. The Balaban J connectivity index is 0.000000455. The monoisotopic (exact) mass is 554 g/mol. The predicted molar refractivity (Wildman–Crippen MR) is 145 cm³/mol. The summed E-state index contributed by atoms with van der Waals surface area (Å²) in [5.41, 5.74) is 0.340. The highest BCUT2D eigenvalue weighted by Gasteiger charge is 2.69. The molecule has 1 aromatic heterocycles. The standard InChI is InChI=1S/C24H22BrNO4.C5H13N/c1-28-20-14-19-21(22(26-20)29-2)23(27)13-12-18(15-6-4-3-5-7-15)24(23,30-19)16-8-10-17(25)11-9-16;1-4-6(3)5-2/h3-11,14,18,27H,12-13H2,1-2H3;4-5H2,1-3H3. The largest absolute Gasteiger partial charge is 0.481 e. The topological polar surface area (TPSA) is 64.1 Å². The second-order valence-electron chi connectivity index (χ2n) is 9.24. The molecule has 1 saturated carbocycles. The zero-order valence-corrected chi connectivity index (χ0v) is 23.2. The van der Waals surface area contributed by atoms with E-state index in [1.807, 2.05) is 42.5 Å². The first-order valence-electron chi connectivity index (χ1n) is 12.4. The van der Waals surface area contributed by atoms with Crippen LogP contribution in [0.3, 0.4) is 0 Å². The number of rotatable bonds is 6. The van der Waals surface area contributed by atoms with Crippen LogP contribution in [-0.4, -0.2) is 49.3 Å². The molecule has 192 valence electrons. The number of hydrogen-bond acceptors (Lipinski definition) is 6. The minimum atomic E-state index is -1.29. The van der Waals surface area contributed by atoms with E-state index in [1.54, 1.807) is 20.3 Å². The highest BCUT2D eigenvalue weighted by Crippen LogP contribution is 2.68. The van der Waals surface area contributed by atoms with Crippen LogP contribution in [0.5, 0.6) is 17.5 Å². The third kappa shape index (κ3) is 4.38. The average Bonchev–Trinajstić information content (AvgIpc) is 3.35. The van der Waals surface area contributed by atoms with Crippen LogP contribution >= 0.6 is 15.9 Å². The maximum absolute atomic E-state index is 12.3. The number of ether oxygens (including phenoxy) is 3. The lowest BCUT2D eigenvalue weighted by Gasteiger charge is -2.40. The fraction of sp³-hybridized carbons (Fsp3) is 0.414. The Morgan fingerprint density at radius 3 is 2.28 bits per heavy atom. The number of hydrogen-bond donors (Lipinski definition) is 1. The SMILES string of the molecule is CCN(C)CC.COc1cc2c(c(OC)n1)C1(O)CCC(c3ccccc3)C1(c1ccc(Br)cc1)O2. The molecule has 6 nitrogen and oxygen atoms in total. The Kier molecular flexibility index (Phi) is 7.93. The summed E-state index contributed by atoms with van der Waals surface area (Å²) in [6.07, 6.45) is 1.30. The van der Waals surface area contributed by atoms with Crippen molar-refractivity contribution in [3.63, 3.8) is 0 Å². The Morgan fingerprint density at radius 2 is 1.72 bits per heavy atom. The van der Waals surface area contributed by atoms with Gasteiger partial charge in [0.25, 0.3) is 0 Å². The van der Waals surface area contributed by atoms with Crippen LogP contribution in [0.15, 0.2) is 65.1 Å². The number of nitrogens with zero attached hydrogens (tertiary/aromatic N) is 2. The summed E-state index contributed by atoms with van der Waals surface area (Å²) in [7, 11) is 5.21. The van der Waals surface area contributed by atoms with Crippen molar-refractivity contribution in [2.24, 2.45) is 0 Å². The van der Waals surface area contributed by atoms with Crippen molar-refractivity contribution < 1.29 is 19.3 Å². The van der Waals surface area contributed by atoms with Crippen LogP contribution in [0.2, 0.25) is 0 Å². The zero-order valence-electron chi connectivity index (χ0n) is 21.6. The zero-order chi connectivity index (χ0) is 25.9. The molecule has 36 heavy (non-hydrogen) atoms. The molecule has 0 bridgehead atoms. The molecule has 7 heteroatoms. The first-order chi connectivity index (χ1) is 17.3. The Morgan fingerprint density at radius 1 is 1.06 bits per heavy atom. The van der Waals surface area contributed by atoms with Crippen LogP contribution in [0.25, 0.3) is 0 Å². The molecule has 0 saturated heterocycles. The van der Waals surface area contributed by atoms with E-state index in [1.165, 1.54) is 0 Å². The lowest BCUT2D eigenvalue weighted by Crippen LogP contribution is -2.48. The minimum absolute atomic E-state index is 0.0482. The van der Waals surface area contributed by atoms with E-state index < -0.39 is 11.2 Å². The fourth-order valence-electron chi connectivity index (χ4n) is 5.37. The highest BCUT2D eigenvalue weighted by molar-refractivity contribution is 9.10. The molecule has 2 aliphatic rings. The molecule has 1 aliphatic carbocycles. The van der Waals surface area contributed by atoms with Crippen LogP contribution in [0.1, 0.15) is 49.3 Å². The van der Waals surface area contributed by atoms with Gasteiger partial charge >= 0.3 is 0 Å². The van der Waals surface area contributed by atoms with E-state index in [9.17, 15) is 5.11 Å². The van der Waals surface area contributed by atoms with Gasteiger partial charge in [-0.2, -0.15) is 4.98 Å². The maximum Gasteiger partial charge on any atom is 0.226 e. The Bertz CT molecular complexity index is 1170. The highest BCUT2D eigenvalue weighted by atomic mass is 79.9. The molecule has 1 aliphatic heterocycles. The summed E-state index contributed by atoms with van der Waals surface area (Å²) in [6.45, 7) is 6.64. The summed E-state index contributed by atoms with van der Waals surface area (Å²) >= 11 is 3.52. The van der Waals surface area contributed by atoms with Crippen molar-refractivity contribution in [2.45, 2.75) is 43.8 Å². The molecule has 3 aromatic rings. The molecule has 1 N–H and O–H groups in total. The molecule has 0 spiro atoms. The van der Waals surface area contributed by atoms with E-state index in [-0.39, 0.29) is 5.92 Å². The smallest absolute Gasteiger partial charge is 0.226 e. The Labute approximate surface area is 222 Å².